The molecule has 0 aliphatic carbocycles. The lowest BCUT2D eigenvalue weighted by molar-refractivity contribution is 0.757. The van der Waals surface area contributed by atoms with E-state index in [0.29, 0.717) is 0 Å². The van der Waals surface area contributed by atoms with Crippen molar-refractivity contribution < 1.29 is 0 Å². The molecule has 1 heterocycles. The summed E-state index contributed by atoms with van der Waals surface area (Å²) in [6, 6.07) is 45.1. The Morgan fingerprint density at radius 2 is 1.32 bits per heavy atom. The van der Waals surface area contributed by atoms with Gasteiger partial charge in [-0.2, -0.15) is 0 Å². The summed E-state index contributed by atoms with van der Waals surface area (Å²) < 4.78 is 2.40. The molecule has 0 aliphatic rings. The fourth-order valence-electron chi connectivity index (χ4n) is 4.51. The van der Waals surface area contributed by atoms with Gasteiger partial charge >= 0.3 is 0 Å². The molecule has 0 N–H and O–H groups in total. The van der Waals surface area contributed by atoms with Crippen molar-refractivity contribution in [2.24, 2.45) is 0 Å². The predicted octanol–water partition coefficient (Wildman–Crippen LogP) is 8.12. The average molecular weight is 457 g/mol. The van der Waals surface area contributed by atoms with E-state index in [9.17, 15) is 0 Å². The normalized spacial score (nSPS) is 12.2. The third-order valence-electron chi connectivity index (χ3n) is 6.17. The van der Waals surface area contributed by atoms with E-state index in [2.05, 4.69) is 132 Å². The van der Waals surface area contributed by atoms with Crippen LogP contribution < -0.4 is 0 Å². The third-order valence-corrected chi connectivity index (χ3v) is 7.44. The van der Waals surface area contributed by atoms with Crippen LogP contribution in [0.1, 0.15) is 22.2 Å². The molecule has 164 valence electrons. The molecule has 6 rings (SSSR count). The summed E-state index contributed by atoms with van der Waals surface area (Å²) in [5.41, 5.74) is 4.74. The first kappa shape index (κ1) is 20.8. The smallest absolute Gasteiger partial charge is 0.128 e. The molecule has 0 saturated heterocycles. The third kappa shape index (κ3) is 4.11. The Morgan fingerprint density at radius 1 is 0.647 bits per heavy atom. The number of aromatic nitrogens is 2. The first-order chi connectivity index (χ1) is 16.8. The highest BCUT2D eigenvalue weighted by Crippen LogP contribution is 2.41. The van der Waals surface area contributed by atoms with E-state index in [-0.39, 0.29) is 5.25 Å². The van der Waals surface area contributed by atoms with Gasteiger partial charge in [-0.25, -0.2) is 4.98 Å². The first-order valence-corrected chi connectivity index (χ1v) is 12.4. The summed E-state index contributed by atoms with van der Waals surface area (Å²) in [6.07, 6.45) is 0. The highest BCUT2D eigenvalue weighted by atomic mass is 32.2. The summed E-state index contributed by atoms with van der Waals surface area (Å²) >= 11 is 1.85. The molecule has 1 atom stereocenters. The Balaban J connectivity index is 1.50. The Hall–Kier alpha value is -3.82. The minimum Gasteiger partial charge on any atom is -0.322 e. The van der Waals surface area contributed by atoms with Gasteiger partial charge in [0, 0.05) is 11.4 Å². The Kier molecular flexibility index (Phi) is 5.62. The van der Waals surface area contributed by atoms with E-state index in [1.807, 2.05) is 11.8 Å². The second-order valence-electron chi connectivity index (χ2n) is 8.45. The van der Waals surface area contributed by atoms with Crippen LogP contribution in [0.4, 0.5) is 0 Å². The zero-order valence-corrected chi connectivity index (χ0v) is 19.5. The zero-order valence-electron chi connectivity index (χ0n) is 18.7. The topological polar surface area (TPSA) is 17.8 Å². The molecule has 0 radical (unpaired) electrons. The van der Waals surface area contributed by atoms with Crippen LogP contribution in [0.25, 0.3) is 21.8 Å². The maximum Gasteiger partial charge on any atom is 0.128 e. The number of benzene rings is 5. The van der Waals surface area contributed by atoms with E-state index >= 15 is 0 Å². The van der Waals surface area contributed by atoms with Gasteiger partial charge in [-0.05, 0) is 52.2 Å². The van der Waals surface area contributed by atoms with Gasteiger partial charge < -0.3 is 4.57 Å². The Labute approximate surface area is 203 Å². The molecule has 3 heteroatoms. The van der Waals surface area contributed by atoms with Crippen molar-refractivity contribution in [3.8, 4) is 0 Å². The Bertz CT molecular complexity index is 1550. The molecule has 34 heavy (non-hydrogen) atoms. The molecule has 0 fully saturated rings. The van der Waals surface area contributed by atoms with Crippen molar-refractivity contribution >= 4 is 33.6 Å². The standard InChI is InChI=1S/C31H24N2S/c1-3-12-25(13-4-1)30(34-27-15-5-2-6-16-27)31-32-28-17-9-10-18-29(28)33(31)22-23-19-20-24-11-7-8-14-26(24)21-23/h1-21,30H,22H2. The first-order valence-electron chi connectivity index (χ1n) is 11.5. The summed E-state index contributed by atoms with van der Waals surface area (Å²) in [6.45, 7) is 0.777. The molecule has 5 aromatic carbocycles. The number of rotatable bonds is 6. The van der Waals surface area contributed by atoms with E-state index < -0.39 is 0 Å². The summed E-state index contributed by atoms with van der Waals surface area (Å²) in [5, 5.41) is 2.62. The quantitative estimate of drug-likeness (QED) is 0.236. The molecule has 0 bridgehead atoms. The molecule has 0 spiro atoms. The maximum atomic E-state index is 5.19. The van der Waals surface area contributed by atoms with Crippen molar-refractivity contribution in [2.45, 2.75) is 16.7 Å². The van der Waals surface area contributed by atoms with Crippen LogP contribution >= 0.6 is 11.8 Å². The maximum absolute atomic E-state index is 5.19. The van der Waals surface area contributed by atoms with E-state index in [1.54, 1.807) is 0 Å². The highest BCUT2D eigenvalue weighted by Gasteiger charge is 2.23. The van der Waals surface area contributed by atoms with Crippen molar-refractivity contribution in [3.63, 3.8) is 0 Å². The van der Waals surface area contributed by atoms with Crippen LogP contribution in [-0.4, -0.2) is 9.55 Å². The minimum atomic E-state index is 0.0801. The minimum absolute atomic E-state index is 0.0801. The molecule has 0 aliphatic heterocycles. The lowest BCUT2D eigenvalue weighted by Gasteiger charge is -2.19. The lowest BCUT2D eigenvalue weighted by atomic mass is 10.1. The largest absolute Gasteiger partial charge is 0.322 e. The molecule has 0 saturated carbocycles. The predicted molar refractivity (Wildman–Crippen MR) is 143 cm³/mol. The monoisotopic (exact) mass is 456 g/mol. The van der Waals surface area contributed by atoms with Crippen LogP contribution in [0.2, 0.25) is 0 Å². The van der Waals surface area contributed by atoms with Crippen LogP contribution in [0.3, 0.4) is 0 Å². The SMILES string of the molecule is c1ccc(SC(c2ccccc2)c2nc3ccccc3n2Cc2ccc3ccccc3c2)cc1. The van der Waals surface area contributed by atoms with Crippen LogP contribution in [0, 0.1) is 0 Å². The van der Waals surface area contributed by atoms with Crippen LogP contribution in [-0.2, 0) is 6.54 Å². The van der Waals surface area contributed by atoms with E-state index in [4.69, 9.17) is 4.98 Å². The highest BCUT2D eigenvalue weighted by molar-refractivity contribution is 7.99. The van der Waals surface area contributed by atoms with Crippen molar-refractivity contribution in [3.05, 3.63) is 144 Å². The molecule has 6 aromatic rings. The number of nitrogens with zero attached hydrogens (tertiary/aromatic N) is 2. The molecule has 2 nitrogen and oxygen atoms in total. The second kappa shape index (κ2) is 9.20. The summed E-state index contributed by atoms with van der Waals surface area (Å²) in [5.74, 6) is 1.08. The molecule has 0 amide bonds. The van der Waals surface area contributed by atoms with Gasteiger partial charge in [-0.1, -0.05) is 97.1 Å². The molecular weight excluding hydrogens is 432 g/mol. The molecular formula is C31H24N2S. The molecule has 1 unspecified atom stereocenters. The van der Waals surface area contributed by atoms with Gasteiger partial charge in [0.25, 0.3) is 0 Å². The average Bonchev–Trinajstić information content (AvgIpc) is 3.26. The van der Waals surface area contributed by atoms with Gasteiger partial charge in [0.15, 0.2) is 0 Å². The number of para-hydroxylation sites is 2. The van der Waals surface area contributed by atoms with Gasteiger partial charge in [-0.3, -0.25) is 0 Å². The molecule has 1 aromatic heterocycles. The van der Waals surface area contributed by atoms with Gasteiger partial charge in [0.1, 0.15) is 5.82 Å². The van der Waals surface area contributed by atoms with Crippen LogP contribution in [0.5, 0.6) is 0 Å². The van der Waals surface area contributed by atoms with Gasteiger partial charge in [0.2, 0.25) is 0 Å². The second-order valence-corrected chi connectivity index (χ2v) is 9.63. The van der Waals surface area contributed by atoms with Gasteiger partial charge in [-0.15, -0.1) is 11.8 Å². The van der Waals surface area contributed by atoms with E-state index in [0.717, 1.165) is 17.9 Å². The van der Waals surface area contributed by atoms with Crippen molar-refractivity contribution in [1.29, 1.82) is 0 Å². The fraction of sp³-hybridized carbons (Fsp3) is 0.0645. The summed E-state index contributed by atoms with van der Waals surface area (Å²) in [4.78, 5) is 6.42. The number of hydrogen-bond acceptors (Lipinski definition) is 2. The number of imidazole rings is 1. The lowest BCUT2D eigenvalue weighted by Crippen LogP contribution is -2.09. The van der Waals surface area contributed by atoms with Crippen molar-refractivity contribution in [2.75, 3.05) is 0 Å². The number of hydrogen-bond donors (Lipinski definition) is 0. The zero-order chi connectivity index (χ0) is 22.7. The number of fused-ring (bicyclic) bond motifs is 2. The van der Waals surface area contributed by atoms with Crippen LogP contribution in [0.15, 0.2) is 132 Å². The number of thioether (sulfide) groups is 1. The van der Waals surface area contributed by atoms with E-state index in [1.165, 1.54) is 32.3 Å². The summed E-state index contributed by atoms with van der Waals surface area (Å²) in [7, 11) is 0. The van der Waals surface area contributed by atoms with Gasteiger partial charge in [0.05, 0.1) is 16.3 Å². The van der Waals surface area contributed by atoms with Crippen molar-refractivity contribution in [1.82, 2.24) is 9.55 Å². The Morgan fingerprint density at radius 3 is 2.15 bits per heavy atom. The fourth-order valence-corrected chi connectivity index (χ4v) is 5.68.